The zero-order valence-corrected chi connectivity index (χ0v) is 12.6. The van der Waals surface area contributed by atoms with Crippen molar-refractivity contribution in [1.82, 2.24) is 20.2 Å². The van der Waals surface area contributed by atoms with E-state index in [1.807, 2.05) is 6.07 Å². The lowest BCUT2D eigenvalue weighted by molar-refractivity contribution is 0.105. The summed E-state index contributed by atoms with van der Waals surface area (Å²) >= 11 is 0. The fourth-order valence-corrected chi connectivity index (χ4v) is 2.39. The van der Waals surface area contributed by atoms with Crippen molar-refractivity contribution in [1.29, 1.82) is 0 Å². The molecule has 0 saturated carbocycles. The fourth-order valence-electron chi connectivity index (χ4n) is 2.39. The highest BCUT2D eigenvalue weighted by Crippen LogP contribution is 2.09. The Morgan fingerprint density at radius 2 is 2.00 bits per heavy atom. The van der Waals surface area contributed by atoms with Gasteiger partial charge in [-0.2, -0.15) is 0 Å². The second-order valence-electron chi connectivity index (χ2n) is 5.19. The van der Waals surface area contributed by atoms with Crippen LogP contribution in [0.2, 0.25) is 0 Å². The Kier molecular flexibility index (Phi) is 6.81. The zero-order chi connectivity index (χ0) is 14.9. The Labute approximate surface area is 125 Å². The van der Waals surface area contributed by atoms with Gasteiger partial charge in [0.2, 0.25) is 5.95 Å². The molecule has 1 aliphatic heterocycles. The average molecular weight is 295 g/mol. The van der Waals surface area contributed by atoms with Gasteiger partial charge < -0.3 is 20.1 Å². The number of nitrogens with zero attached hydrogens (tertiary/aromatic N) is 4. The number of aromatic nitrogens is 2. The molecule has 7 nitrogen and oxygen atoms in total. The summed E-state index contributed by atoms with van der Waals surface area (Å²) in [5.41, 5.74) is 0. The maximum atomic E-state index is 10.0. The SMILES string of the molecule is COCCNCC(O)CN1CCN(c2ncccn2)CC1. The molecule has 21 heavy (non-hydrogen) atoms. The Morgan fingerprint density at radius 3 is 2.67 bits per heavy atom. The Balaban J connectivity index is 1.65. The number of aliphatic hydroxyl groups excluding tert-OH is 1. The topological polar surface area (TPSA) is 73.8 Å². The molecule has 1 saturated heterocycles. The monoisotopic (exact) mass is 295 g/mol. The highest BCUT2D eigenvalue weighted by molar-refractivity contribution is 5.29. The van der Waals surface area contributed by atoms with E-state index in [1.54, 1.807) is 19.5 Å². The summed E-state index contributed by atoms with van der Waals surface area (Å²) in [6.07, 6.45) is 3.19. The molecular weight excluding hydrogens is 270 g/mol. The number of methoxy groups -OCH3 is 1. The molecule has 1 unspecified atom stereocenters. The van der Waals surface area contributed by atoms with Crippen LogP contribution in [0.3, 0.4) is 0 Å². The van der Waals surface area contributed by atoms with Crippen molar-refractivity contribution >= 4 is 5.95 Å². The highest BCUT2D eigenvalue weighted by atomic mass is 16.5. The third-order valence-corrected chi connectivity index (χ3v) is 3.54. The maximum Gasteiger partial charge on any atom is 0.225 e. The lowest BCUT2D eigenvalue weighted by Gasteiger charge is -2.35. The predicted molar refractivity (Wildman–Crippen MR) is 81.4 cm³/mol. The van der Waals surface area contributed by atoms with Gasteiger partial charge in [0.05, 0.1) is 12.7 Å². The van der Waals surface area contributed by atoms with Gasteiger partial charge in [0.25, 0.3) is 0 Å². The molecule has 0 spiro atoms. The van der Waals surface area contributed by atoms with Crippen molar-refractivity contribution in [3.05, 3.63) is 18.5 Å². The summed E-state index contributed by atoms with van der Waals surface area (Å²) in [6, 6.07) is 1.83. The average Bonchev–Trinajstić information content (AvgIpc) is 2.53. The normalized spacial score (nSPS) is 17.9. The van der Waals surface area contributed by atoms with Gasteiger partial charge in [-0.15, -0.1) is 0 Å². The van der Waals surface area contributed by atoms with Crippen LogP contribution in [0.25, 0.3) is 0 Å². The van der Waals surface area contributed by atoms with Crippen molar-refractivity contribution in [2.45, 2.75) is 6.10 Å². The second kappa shape index (κ2) is 8.89. The van der Waals surface area contributed by atoms with E-state index in [-0.39, 0.29) is 6.10 Å². The van der Waals surface area contributed by atoms with Crippen LogP contribution >= 0.6 is 0 Å². The minimum atomic E-state index is -0.346. The molecule has 118 valence electrons. The predicted octanol–water partition coefficient (Wildman–Crippen LogP) is -0.804. The minimum absolute atomic E-state index is 0.346. The Hall–Kier alpha value is -1.28. The number of ether oxygens (including phenoxy) is 1. The first-order chi connectivity index (χ1) is 10.3. The van der Waals surface area contributed by atoms with Gasteiger partial charge in [0.15, 0.2) is 0 Å². The van der Waals surface area contributed by atoms with E-state index >= 15 is 0 Å². The third kappa shape index (κ3) is 5.55. The Morgan fingerprint density at radius 1 is 1.29 bits per heavy atom. The summed E-state index contributed by atoms with van der Waals surface area (Å²) in [5, 5.41) is 13.2. The smallest absolute Gasteiger partial charge is 0.225 e. The van der Waals surface area contributed by atoms with Gasteiger partial charge in [-0.3, -0.25) is 4.90 Å². The summed E-state index contributed by atoms with van der Waals surface area (Å²) < 4.78 is 4.96. The lowest BCUT2D eigenvalue weighted by Crippen LogP contribution is -2.50. The van der Waals surface area contributed by atoms with Crippen LogP contribution in [0.1, 0.15) is 0 Å². The van der Waals surface area contributed by atoms with Gasteiger partial charge in [0.1, 0.15) is 0 Å². The van der Waals surface area contributed by atoms with Crippen LogP contribution in [-0.4, -0.2) is 85.6 Å². The number of anilines is 1. The number of aliphatic hydroxyl groups is 1. The van der Waals surface area contributed by atoms with Crippen molar-refractivity contribution in [2.24, 2.45) is 0 Å². The maximum absolute atomic E-state index is 10.0. The molecule has 2 rings (SSSR count). The second-order valence-corrected chi connectivity index (χ2v) is 5.19. The molecule has 0 bridgehead atoms. The molecular formula is C14H25N5O2. The minimum Gasteiger partial charge on any atom is -0.390 e. The molecule has 1 fully saturated rings. The van der Waals surface area contributed by atoms with E-state index < -0.39 is 0 Å². The van der Waals surface area contributed by atoms with Crippen LogP contribution in [0.4, 0.5) is 5.95 Å². The lowest BCUT2D eigenvalue weighted by atomic mass is 10.2. The molecule has 0 aromatic carbocycles. The molecule has 0 radical (unpaired) electrons. The van der Waals surface area contributed by atoms with Crippen molar-refractivity contribution < 1.29 is 9.84 Å². The van der Waals surface area contributed by atoms with Gasteiger partial charge in [-0.05, 0) is 6.07 Å². The van der Waals surface area contributed by atoms with Crippen molar-refractivity contribution in [3.8, 4) is 0 Å². The van der Waals surface area contributed by atoms with Crippen molar-refractivity contribution in [2.75, 3.05) is 64.4 Å². The highest BCUT2D eigenvalue weighted by Gasteiger charge is 2.20. The molecule has 1 aromatic heterocycles. The fraction of sp³-hybridized carbons (Fsp3) is 0.714. The molecule has 1 aromatic rings. The molecule has 1 aliphatic rings. The van der Waals surface area contributed by atoms with E-state index in [2.05, 4.69) is 25.1 Å². The van der Waals surface area contributed by atoms with Crippen LogP contribution < -0.4 is 10.2 Å². The van der Waals surface area contributed by atoms with E-state index in [9.17, 15) is 5.11 Å². The summed E-state index contributed by atoms with van der Waals surface area (Å²) in [4.78, 5) is 13.0. The molecule has 1 atom stereocenters. The quantitative estimate of drug-likeness (QED) is 0.608. The first kappa shape index (κ1) is 16.1. The molecule has 2 heterocycles. The summed E-state index contributed by atoms with van der Waals surface area (Å²) in [5.74, 6) is 0.791. The number of nitrogens with one attached hydrogen (secondary N) is 1. The van der Waals surface area contributed by atoms with Gasteiger partial charge >= 0.3 is 0 Å². The number of hydrogen-bond acceptors (Lipinski definition) is 7. The van der Waals surface area contributed by atoms with Gasteiger partial charge in [-0.1, -0.05) is 0 Å². The number of piperazine rings is 1. The molecule has 0 amide bonds. The standard InChI is InChI=1S/C14H25N5O2/c1-21-10-5-15-11-13(20)12-18-6-8-19(9-7-18)14-16-3-2-4-17-14/h2-4,13,15,20H,5-12H2,1H3. The summed E-state index contributed by atoms with van der Waals surface area (Å²) in [6.45, 7) is 6.38. The first-order valence-corrected chi connectivity index (χ1v) is 7.41. The van der Waals surface area contributed by atoms with Crippen LogP contribution in [-0.2, 0) is 4.74 Å². The van der Waals surface area contributed by atoms with E-state index in [0.29, 0.717) is 19.7 Å². The van der Waals surface area contributed by atoms with Gasteiger partial charge in [-0.25, -0.2) is 9.97 Å². The van der Waals surface area contributed by atoms with E-state index in [0.717, 1.165) is 38.7 Å². The Bertz CT molecular complexity index is 384. The third-order valence-electron chi connectivity index (χ3n) is 3.54. The summed E-state index contributed by atoms with van der Waals surface area (Å²) in [7, 11) is 1.67. The molecule has 2 N–H and O–H groups in total. The van der Waals surface area contributed by atoms with Crippen LogP contribution in [0.15, 0.2) is 18.5 Å². The van der Waals surface area contributed by atoms with Crippen LogP contribution in [0.5, 0.6) is 0 Å². The number of β-amino-alcohol motifs (C(OH)–C–C–N with tert-alkyl or cyclic N) is 1. The van der Waals surface area contributed by atoms with Crippen molar-refractivity contribution in [3.63, 3.8) is 0 Å². The van der Waals surface area contributed by atoms with Gasteiger partial charge in [0, 0.05) is 65.3 Å². The first-order valence-electron chi connectivity index (χ1n) is 7.41. The van der Waals surface area contributed by atoms with E-state index in [4.69, 9.17) is 4.74 Å². The van der Waals surface area contributed by atoms with E-state index in [1.165, 1.54) is 0 Å². The largest absolute Gasteiger partial charge is 0.390 e. The van der Waals surface area contributed by atoms with Crippen LogP contribution in [0, 0.1) is 0 Å². The number of hydrogen-bond donors (Lipinski definition) is 2. The molecule has 7 heteroatoms. The zero-order valence-electron chi connectivity index (χ0n) is 12.6. The molecule has 0 aliphatic carbocycles. The number of rotatable bonds is 8.